The van der Waals surface area contributed by atoms with Crippen LogP contribution < -0.4 is 4.72 Å². The molecule has 122 valence electrons. The van der Waals surface area contributed by atoms with E-state index in [1.165, 1.54) is 19.1 Å². The molecule has 0 atom stereocenters. The summed E-state index contributed by atoms with van der Waals surface area (Å²) < 4.78 is 27.5. The number of piperidine rings is 1. The van der Waals surface area contributed by atoms with Gasteiger partial charge in [0, 0.05) is 11.6 Å². The lowest BCUT2D eigenvalue weighted by molar-refractivity contribution is 0.101. The summed E-state index contributed by atoms with van der Waals surface area (Å²) in [6, 6.07) is 6.09. The summed E-state index contributed by atoms with van der Waals surface area (Å²) in [5, 5.41) is 0. The summed E-state index contributed by atoms with van der Waals surface area (Å²) in [5.41, 5.74) is 0.520. The van der Waals surface area contributed by atoms with E-state index in [0.717, 1.165) is 38.9 Å². The summed E-state index contributed by atoms with van der Waals surface area (Å²) >= 11 is 0. The van der Waals surface area contributed by atoms with Crippen molar-refractivity contribution < 1.29 is 13.2 Å². The molecule has 0 saturated carbocycles. The molecule has 1 aliphatic rings. The first kappa shape index (κ1) is 17.1. The van der Waals surface area contributed by atoms with E-state index in [1.54, 1.807) is 12.1 Å². The Morgan fingerprint density at radius 3 is 2.32 bits per heavy atom. The monoisotopic (exact) mass is 324 g/mol. The molecule has 0 unspecified atom stereocenters. The van der Waals surface area contributed by atoms with Crippen molar-refractivity contribution in [1.29, 1.82) is 0 Å². The molecule has 2 rings (SSSR count). The number of nitrogens with one attached hydrogen (secondary N) is 1. The van der Waals surface area contributed by atoms with Crippen molar-refractivity contribution in [3.63, 3.8) is 0 Å². The predicted molar refractivity (Wildman–Crippen MR) is 86.5 cm³/mol. The predicted octanol–water partition coefficient (Wildman–Crippen LogP) is 2.04. The molecule has 1 aromatic carbocycles. The zero-order valence-electron chi connectivity index (χ0n) is 13.2. The maximum atomic E-state index is 12.4. The van der Waals surface area contributed by atoms with Gasteiger partial charge in [-0.2, -0.15) is 0 Å². The van der Waals surface area contributed by atoms with Gasteiger partial charge < -0.3 is 4.90 Å². The van der Waals surface area contributed by atoms with Crippen LogP contribution in [0.2, 0.25) is 0 Å². The van der Waals surface area contributed by atoms with Gasteiger partial charge in [0.05, 0.1) is 4.90 Å². The molecule has 22 heavy (non-hydrogen) atoms. The Morgan fingerprint density at radius 2 is 1.82 bits per heavy atom. The highest BCUT2D eigenvalue weighted by Gasteiger charge is 2.24. The first-order valence-corrected chi connectivity index (χ1v) is 9.26. The molecule has 0 amide bonds. The lowest BCUT2D eigenvalue weighted by Crippen LogP contribution is -2.44. The van der Waals surface area contributed by atoms with Crippen LogP contribution in [0, 0.1) is 0 Å². The van der Waals surface area contributed by atoms with Gasteiger partial charge in [-0.3, -0.25) is 4.79 Å². The number of Topliss-reactive ketones (excluding diaryl/α,β-unsaturated/α-hetero) is 1. The molecule has 1 saturated heterocycles. The molecule has 5 nitrogen and oxygen atoms in total. The lowest BCUT2D eigenvalue weighted by Gasteiger charge is -2.31. The van der Waals surface area contributed by atoms with Crippen LogP contribution in [-0.2, 0) is 10.0 Å². The van der Waals surface area contributed by atoms with Gasteiger partial charge in [-0.25, -0.2) is 13.1 Å². The van der Waals surface area contributed by atoms with E-state index in [1.807, 2.05) is 0 Å². The molecule has 1 N–H and O–H groups in total. The average molecular weight is 324 g/mol. The molecule has 1 fully saturated rings. The second-order valence-electron chi connectivity index (χ2n) is 5.82. The van der Waals surface area contributed by atoms with Crippen LogP contribution in [0.5, 0.6) is 0 Å². The van der Waals surface area contributed by atoms with Crippen molar-refractivity contribution in [3.05, 3.63) is 29.8 Å². The summed E-state index contributed by atoms with van der Waals surface area (Å²) in [5.74, 6) is -0.0693. The highest BCUT2D eigenvalue weighted by atomic mass is 32.2. The SMILES string of the molecule is CCCN1CCC(NS(=O)(=O)c2ccc(C(C)=O)cc2)CC1. The number of hydrogen-bond donors (Lipinski definition) is 1. The molecular weight excluding hydrogens is 300 g/mol. The highest BCUT2D eigenvalue weighted by Crippen LogP contribution is 2.16. The summed E-state index contributed by atoms with van der Waals surface area (Å²) in [4.78, 5) is 13.8. The Balaban J connectivity index is 1.98. The maximum absolute atomic E-state index is 12.4. The van der Waals surface area contributed by atoms with E-state index in [4.69, 9.17) is 0 Å². The first-order valence-electron chi connectivity index (χ1n) is 7.78. The Labute approximate surface area is 132 Å². The van der Waals surface area contributed by atoms with Gasteiger partial charge in [0.1, 0.15) is 0 Å². The number of hydrogen-bond acceptors (Lipinski definition) is 4. The first-order chi connectivity index (χ1) is 10.4. The fraction of sp³-hybridized carbons (Fsp3) is 0.562. The average Bonchev–Trinajstić information content (AvgIpc) is 2.49. The second kappa shape index (κ2) is 7.35. The third kappa shape index (κ3) is 4.38. The number of ketones is 1. The van der Waals surface area contributed by atoms with Crippen molar-refractivity contribution in [2.24, 2.45) is 0 Å². The minimum absolute atomic E-state index is 0.00871. The number of carbonyl (C=O) groups is 1. The van der Waals surface area contributed by atoms with E-state index >= 15 is 0 Å². The van der Waals surface area contributed by atoms with Crippen molar-refractivity contribution in [3.8, 4) is 0 Å². The van der Waals surface area contributed by atoms with Crippen molar-refractivity contribution in [2.75, 3.05) is 19.6 Å². The third-order valence-electron chi connectivity index (χ3n) is 4.02. The standard InChI is InChI=1S/C16H24N2O3S/c1-3-10-18-11-8-15(9-12-18)17-22(20,21)16-6-4-14(5-7-16)13(2)19/h4-7,15,17H,3,8-12H2,1-2H3. The molecule has 1 aliphatic heterocycles. The lowest BCUT2D eigenvalue weighted by atomic mass is 10.1. The van der Waals surface area contributed by atoms with E-state index < -0.39 is 10.0 Å². The number of carbonyl (C=O) groups excluding carboxylic acids is 1. The Kier molecular flexibility index (Phi) is 5.72. The number of sulfonamides is 1. The van der Waals surface area contributed by atoms with Crippen molar-refractivity contribution >= 4 is 15.8 Å². The Morgan fingerprint density at radius 1 is 1.23 bits per heavy atom. The highest BCUT2D eigenvalue weighted by molar-refractivity contribution is 7.89. The molecule has 0 radical (unpaired) electrons. The molecule has 0 spiro atoms. The summed E-state index contributed by atoms with van der Waals surface area (Å²) in [6.45, 7) is 6.56. The van der Waals surface area contributed by atoms with Gasteiger partial charge in [0.2, 0.25) is 10.0 Å². The minimum Gasteiger partial charge on any atom is -0.303 e. The van der Waals surface area contributed by atoms with Gasteiger partial charge in [0.25, 0.3) is 0 Å². The zero-order valence-corrected chi connectivity index (χ0v) is 14.0. The van der Waals surface area contributed by atoms with Crippen LogP contribution in [0.25, 0.3) is 0 Å². The van der Waals surface area contributed by atoms with Crippen LogP contribution in [-0.4, -0.2) is 44.8 Å². The van der Waals surface area contributed by atoms with Crippen molar-refractivity contribution in [2.45, 2.75) is 44.0 Å². The van der Waals surface area contributed by atoms with Crippen LogP contribution >= 0.6 is 0 Å². The summed E-state index contributed by atoms with van der Waals surface area (Å²) in [6.07, 6.45) is 2.80. The number of nitrogens with zero attached hydrogens (tertiary/aromatic N) is 1. The third-order valence-corrected chi connectivity index (χ3v) is 5.56. The minimum atomic E-state index is -3.51. The molecule has 0 aromatic heterocycles. The Bertz CT molecular complexity index is 603. The van der Waals surface area contributed by atoms with Gasteiger partial charge in [0.15, 0.2) is 5.78 Å². The molecule has 1 heterocycles. The summed E-state index contributed by atoms with van der Waals surface area (Å²) in [7, 11) is -3.51. The van der Waals surface area contributed by atoms with Gasteiger partial charge in [-0.05, 0) is 58.0 Å². The van der Waals surface area contributed by atoms with E-state index in [0.29, 0.717) is 5.56 Å². The maximum Gasteiger partial charge on any atom is 0.240 e. The molecule has 6 heteroatoms. The molecule has 0 aliphatic carbocycles. The van der Waals surface area contributed by atoms with Gasteiger partial charge >= 0.3 is 0 Å². The zero-order chi connectivity index (χ0) is 16.2. The molecule has 0 bridgehead atoms. The van der Waals surface area contributed by atoms with E-state index in [2.05, 4.69) is 16.5 Å². The molecule has 1 aromatic rings. The second-order valence-corrected chi connectivity index (χ2v) is 7.53. The van der Waals surface area contributed by atoms with Gasteiger partial charge in [-0.15, -0.1) is 0 Å². The number of rotatable bonds is 6. The van der Waals surface area contributed by atoms with Crippen LogP contribution in [0.3, 0.4) is 0 Å². The Hall–Kier alpha value is -1.24. The number of benzene rings is 1. The fourth-order valence-electron chi connectivity index (χ4n) is 2.75. The van der Waals surface area contributed by atoms with Gasteiger partial charge in [-0.1, -0.05) is 19.1 Å². The van der Waals surface area contributed by atoms with E-state index in [9.17, 15) is 13.2 Å². The number of likely N-dealkylation sites (tertiary alicyclic amines) is 1. The van der Waals surface area contributed by atoms with E-state index in [-0.39, 0.29) is 16.7 Å². The fourth-order valence-corrected chi connectivity index (χ4v) is 4.05. The van der Waals surface area contributed by atoms with Crippen LogP contribution in [0.4, 0.5) is 0 Å². The van der Waals surface area contributed by atoms with Crippen LogP contribution in [0.15, 0.2) is 29.2 Å². The quantitative estimate of drug-likeness (QED) is 0.813. The normalized spacial score (nSPS) is 17.5. The topological polar surface area (TPSA) is 66.5 Å². The molecular formula is C16H24N2O3S. The smallest absolute Gasteiger partial charge is 0.240 e. The van der Waals surface area contributed by atoms with Crippen molar-refractivity contribution in [1.82, 2.24) is 9.62 Å². The largest absolute Gasteiger partial charge is 0.303 e. The van der Waals surface area contributed by atoms with Crippen LogP contribution in [0.1, 0.15) is 43.5 Å².